The van der Waals surface area contributed by atoms with Crippen LogP contribution in [0.2, 0.25) is 0 Å². The molecule has 0 saturated carbocycles. The molecule has 0 spiro atoms. The van der Waals surface area contributed by atoms with E-state index in [1.54, 1.807) is 12.4 Å². The molecule has 2 nitrogen and oxygen atoms in total. The first kappa shape index (κ1) is 13.0. The van der Waals surface area contributed by atoms with E-state index in [9.17, 15) is 4.79 Å². The minimum absolute atomic E-state index is 0.127. The molecule has 2 aromatic rings. The van der Waals surface area contributed by atoms with Crippen molar-refractivity contribution in [3.05, 3.63) is 63.4 Å². The van der Waals surface area contributed by atoms with Gasteiger partial charge in [-0.2, -0.15) is 0 Å². The molecular formula is C15H14BrNO. The van der Waals surface area contributed by atoms with Gasteiger partial charge in [0.15, 0.2) is 5.78 Å². The summed E-state index contributed by atoms with van der Waals surface area (Å²) in [5, 5.41) is 0. The lowest BCUT2D eigenvalue weighted by Gasteiger charge is -2.04. The summed E-state index contributed by atoms with van der Waals surface area (Å²) in [5.41, 5.74) is 3.93. The number of Topliss-reactive ketones (excluding diaryl/α,β-unsaturated/α-hetero) is 1. The summed E-state index contributed by atoms with van der Waals surface area (Å²) in [6.07, 6.45) is 3.82. The average molecular weight is 304 g/mol. The van der Waals surface area contributed by atoms with Crippen molar-refractivity contribution in [2.45, 2.75) is 20.3 Å². The zero-order chi connectivity index (χ0) is 13.1. The van der Waals surface area contributed by atoms with Crippen molar-refractivity contribution < 1.29 is 4.79 Å². The number of pyridine rings is 1. The molecule has 1 heterocycles. The highest BCUT2D eigenvalue weighted by Gasteiger charge is 2.08. The number of carbonyl (C=O) groups is 1. The van der Waals surface area contributed by atoms with Gasteiger partial charge in [-0.15, -0.1) is 0 Å². The van der Waals surface area contributed by atoms with E-state index in [1.807, 2.05) is 32.0 Å². The smallest absolute Gasteiger partial charge is 0.167 e. The molecule has 92 valence electrons. The summed E-state index contributed by atoms with van der Waals surface area (Å²) in [4.78, 5) is 16.3. The van der Waals surface area contributed by atoms with Gasteiger partial charge in [-0.25, -0.2) is 0 Å². The molecule has 0 amide bonds. The molecule has 3 heteroatoms. The van der Waals surface area contributed by atoms with E-state index in [-0.39, 0.29) is 5.78 Å². The van der Waals surface area contributed by atoms with Crippen LogP contribution < -0.4 is 0 Å². The van der Waals surface area contributed by atoms with Gasteiger partial charge in [0.05, 0.1) is 0 Å². The van der Waals surface area contributed by atoms with Crippen molar-refractivity contribution in [2.24, 2.45) is 0 Å². The molecule has 0 aliphatic carbocycles. The number of rotatable bonds is 3. The van der Waals surface area contributed by atoms with Crippen molar-refractivity contribution >= 4 is 21.7 Å². The van der Waals surface area contributed by atoms with Crippen LogP contribution in [-0.2, 0) is 6.42 Å². The van der Waals surface area contributed by atoms with E-state index in [4.69, 9.17) is 0 Å². The summed E-state index contributed by atoms with van der Waals surface area (Å²) in [6.45, 7) is 4.01. The van der Waals surface area contributed by atoms with Gasteiger partial charge >= 0.3 is 0 Å². The maximum absolute atomic E-state index is 12.2. The van der Waals surface area contributed by atoms with Crippen LogP contribution in [0, 0.1) is 13.8 Å². The van der Waals surface area contributed by atoms with Crippen LogP contribution in [-0.4, -0.2) is 10.8 Å². The van der Waals surface area contributed by atoms with Crippen molar-refractivity contribution in [2.75, 3.05) is 0 Å². The Bertz CT molecular complexity index is 573. The highest BCUT2D eigenvalue weighted by Crippen LogP contribution is 2.14. The van der Waals surface area contributed by atoms with Crippen LogP contribution in [0.4, 0.5) is 0 Å². The Labute approximate surface area is 115 Å². The SMILES string of the molecule is Cc1cc(C)cc(C(=O)Cc2cncc(Br)c2)c1. The third kappa shape index (κ3) is 3.26. The predicted molar refractivity (Wildman–Crippen MR) is 75.9 cm³/mol. The Hall–Kier alpha value is -1.48. The lowest BCUT2D eigenvalue weighted by Crippen LogP contribution is -2.04. The molecule has 0 aliphatic heterocycles. The molecule has 0 bridgehead atoms. The number of aromatic nitrogens is 1. The molecule has 0 aliphatic rings. The number of nitrogens with zero attached hydrogens (tertiary/aromatic N) is 1. The Morgan fingerprint density at radius 2 is 1.78 bits per heavy atom. The molecule has 0 unspecified atom stereocenters. The third-order valence-electron chi connectivity index (χ3n) is 2.67. The van der Waals surface area contributed by atoms with Crippen LogP contribution in [0.15, 0.2) is 41.1 Å². The molecule has 0 N–H and O–H groups in total. The monoisotopic (exact) mass is 303 g/mol. The van der Waals surface area contributed by atoms with E-state index in [1.165, 1.54) is 0 Å². The van der Waals surface area contributed by atoms with Crippen molar-refractivity contribution in [3.63, 3.8) is 0 Å². The standard InChI is InChI=1S/C15H14BrNO/c1-10-3-11(2)5-13(4-10)15(18)7-12-6-14(16)9-17-8-12/h3-6,8-9H,7H2,1-2H3. The maximum atomic E-state index is 12.2. The second-order valence-electron chi connectivity index (χ2n) is 4.49. The Morgan fingerprint density at radius 3 is 2.39 bits per heavy atom. The maximum Gasteiger partial charge on any atom is 0.167 e. The second kappa shape index (κ2) is 5.44. The summed E-state index contributed by atoms with van der Waals surface area (Å²) < 4.78 is 0.897. The topological polar surface area (TPSA) is 30.0 Å². The van der Waals surface area contributed by atoms with Crippen molar-refractivity contribution in [1.82, 2.24) is 4.98 Å². The normalized spacial score (nSPS) is 10.4. The first-order valence-corrected chi connectivity index (χ1v) is 6.55. The first-order valence-electron chi connectivity index (χ1n) is 5.75. The fourth-order valence-corrected chi connectivity index (χ4v) is 2.39. The van der Waals surface area contributed by atoms with Crippen LogP contribution in [0.1, 0.15) is 27.0 Å². The molecule has 0 saturated heterocycles. The van der Waals surface area contributed by atoms with Crippen LogP contribution in [0.3, 0.4) is 0 Å². The van der Waals surface area contributed by atoms with E-state index < -0.39 is 0 Å². The largest absolute Gasteiger partial charge is 0.294 e. The highest BCUT2D eigenvalue weighted by atomic mass is 79.9. The number of hydrogen-bond donors (Lipinski definition) is 0. The second-order valence-corrected chi connectivity index (χ2v) is 5.40. The zero-order valence-corrected chi connectivity index (χ0v) is 12.0. The van der Waals surface area contributed by atoms with E-state index in [2.05, 4.69) is 27.0 Å². The fourth-order valence-electron chi connectivity index (χ4n) is 1.98. The third-order valence-corrected chi connectivity index (χ3v) is 3.10. The van der Waals surface area contributed by atoms with Gasteiger partial charge in [0.1, 0.15) is 0 Å². The predicted octanol–water partition coefficient (Wildman–Crippen LogP) is 3.89. The van der Waals surface area contributed by atoms with Crippen molar-refractivity contribution in [1.29, 1.82) is 0 Å². The van der Waals surface area contributed by atoms with E-state index in [0.717, 1.165) is 26.7 Å². The summed E-state index contributed by atoms with van der Waals surface area (Å²) >= 11 is 3.36. The quantitative estimate of drug-likeness (QED) is 0.805. The highest BCUT2D eigenvalue weighted by molar-refractivity contribution is 9.10. The summed E-state index contributed by atoms with van der Waals surface area (Å²) in [5.74, 6) is 0.127. The molecule has 2 rings (SSSR count). The number of carbonyl (C=O) groups excluding carboxylic acids is 1. The Kier molecular flexibility index (Phi) is 3.92. The lowest BCUT2D eigenvalue weighted by molar-refractivity contribution is 0.0992. The van der Waals surface area contributed by atoms with Crippen LogP contribution in [0.25, 0.3) is 0 Å². The number of halogens is 1. The van der Waals surface area contributed by atoms with Gasteiger partial charge in [0, 0.05) is 28.9 Å². The Balaban J connectivity index is 2.22. The Morgan fingerprint density at radius 1 is 1.11 bits per heavy atom. The fraction of sp³-hybridized carbons (Fsp3) is 0.200. The van der Waals surface area contributed by atoms with Crippen molar-refractivity contribution in [3.8, 4) is 0 Å². The lowest BCUT2D eigenvalue weighted by atomic mass is 10.0. The molecule has 0 radical (unpaired) electrons. The number of aryl methyl sites for hydroxylation is 2. The van der Waals surface area contributed by atoms with Crippen LogP contribution >= 0.6 is 15.9 Å². The van der Waals surface area contributed by atoms with Gasteiger partial charge in [0.25, 0.3) is 0 Å². The molecule has 1 aromatic carbocycles. The van der Waals surface area contributed by atoms with E-state index >= 15 is 0 Å². The number of benzene rings is 1. The van der Waals surface area contributed by atoms with Crippen LogP contribution in [0.5, 0.6) is 0 Å². The molecule has 0 fully saturated rings. The average Bonchev–Trinajstić information content (AvgIpc) is 2.27. The summed E-state index contributed by atoms with van der Waals surface area (Å²) in [7, 11) is 0. The number of ketones is 1. The molecular weight excluding hydrogens is 290 g/mol. The minimum atomic E-state index is 0.127. The summed E-state index contributed by atoms with van der Waals surface area (Å²) in [6, 6.07) is 7.85. The van der Waals surface area contributed by atoms with Gasteiger partial charge < -0.3 is 0 Å². The van der Waals surface area contributed by atoms with Gasteiger partial charge in [-0.1, -0.05) is 17.2 Å². The van der Waals surface area contributed by atoms with Gasteiger partial charge in [0.2, 0.25) is 0 Å². The zero-order valence-electron chi connectivity index (χ0n) is 10.4. The first-order chi connectivity index (χ1) is 8.54. The van der Waals surface area contributed by atoms with Gasteiger partial charge in [-0.3, -0.25) is 9.78 Å². The number of hydrogen-bond acceptors (Lipinski definition) is 2. The molecule has 18 heavy (non-hydrogen) atoms. The molecule has 1 aromatic heterocycles. The molecule has 0 atom stereocenters. The minimum Gasteiger partial charge on any atom is -0.294 e. The van der Waals surface area contributed by atoms with Gasteiger partial charge in [-0.05, 0) is 53.5 Å². The van der Waals surface area contributed by atoms with E-state index in [0.29, 0.717) is 6.42 Å².